The van der Waals surface area contributed by atoms with Crippen molar-refractivity contribution in [3.8, 4) is 0 Å². The van der Waals surface area contributed by atoms with Gasteiger partial charge in [0.2, 0.25) is 9.84 Å². The van der Waals surface area contributed by atoms with Crippen LogP contribution in [0.5, 0.6) is 0 Å². The predicted molar refractivity (Wildman–Crippen MR) is 68.0 cm³/mol. The van der Waals surface area contributed by atoms with Gasteiger partial charge in [-0.2, -0.15) is 0 Å². The molecule has 0 saturated carbocycles. The summed E-state index contributed by atoms with van der Waals surface area (Å²) in [4.78, 5) is 0.383. The second kappa shape index (κ2) is 4.60. The number of rotatable bonds is 4. The highest BCUT2D eigenvalue weighted by atomic mass is 32.2. The molecular weight excluding hydrogens is 236 g/mol. The second-order valence-corrected chi connectivity index (χ2v) is 5.77. The Balaban J connectivity index is 2.45. The molecule has 1 aromatic rings. The average Bonchev–Trinajstić information content (AvgIpc) is 2.58. The lowest BCUT2D eigenvalue weighted by molar-refractivity contribution is 0.605. The summed E-state index contributed by atoms with van der Waals surface area (Å²) in [5.41, 5.74) is 7.98. The maximum absolute atomic E-state index is 11.9. The molecule has 0 fully saturated rings. The van der Waals surface area contributed by atoms with Crippen molar-refractivity contribution in [2.75, 3.05) is 13.1 Å². The minimum Gasteiger partial charge on any atom is -0.326 e. The molecule has 5 heteroatoms. The molecule has 3 N–H and O–H groups in total. The Morgan fingerprint density at radius 3 is 2.76 bits per heavy atom. The van der Waals surface area contributed by atoms with Gasteiger partial charge in [0.25, 0.3) is 0 Å². The van der Waals surface area contributed by atoms with E-state index >= 15 is 0 Å². The minimum absolute atomic E-state index is 0.353. The van der Waals surface area contributed by atoms with Gasteiger partial charge in [0.1, 0.15) is 0 Å². The molecule has 0 unspecified atom stereocenters. The molecule has 0 saturated heterocycles. The zero-order valence-electron chi connectivity index (χ0n) is 9.73. The first-order valence-electron chi connectivity index (χ1n) is 5.58. The van der Waals surface area contributed by atoms with E-state index < -0.39 is 9.84 Å². The van der Waals surface area contributed by atoms with Crippen LogP contribution in [0.3, 0.4) is 0 Å². The van der Waals surface area contributed by atoms with Crippen molar-refractivity contribution in [2.24, 2.45) is 5.73 Å². The Labute approximate surface area is 101 Å². The third-order valence-corrected chi connectivity index (χ3v) is 4.34. The molecule has 1 aliphatic heterocycles. The van der Waals surface area contributed by atoms with Crippen molar-refractivity contribution < 1.29 is 8.42 Å². The molecule has 4 nitrogen and oxygen atoms in total. The topological polar surface area (TPSA) is 72.2 Å². The van der Waals surface area contributed by atoms with E-state index in [-0.39, 0.29) is 0 Å². The van der Waals surface area contributed by atoms with Crippen LogP contribution in [0.4, 0.5) is 0 Å². The molecule has 0 amide bonds. The quantitative estimate of drug-likeness (QED) is 0.834. The first-order chi connectivity index (χ1) is 8.08. The standard InChI is InChI=1S/C12H16N2O2S/c1-2-14-7-10-8-17(15,16)12-5-9(6-13)3-4-11(10)12/h3-5,8,14H,2,6-7,13H2,1H3. The van der Waals surface area contributed by atoms with Crippen LogP contribution in [0.2, 0.25) is 0 Å². The summed E-state index contributed by atoms with van der Waals surface area (Å²) in [6.45, 7) is 3.73. The molecular formula is C12H16N2O2S. The molecule has 0 bridgehead atoms. The number of fused-ring (bicyclic) bond motifs is 1. The van der Waals surface area contributed by atoms with Gasteiger partial charge in [-0.15, -0.1) is 0 Å². The molecule has 92 valence electrons. The fraction of sp³-hybridized carbons (Fsp3) is 0.333. The third kappa shape index (κ3) is 2.26. The molecule has 0 radical (unpaired) electrons. The van der Waals surface area contributed by atoms with E-state index in [0.29, 0.717) is 18.0 Å². The number of nitrogens with one attached hydrogen (secondary N) is 1. The van der Waals surface area contributed by atoms with E-state index in [9.17, 15) is 8.42 Å². The lowest BCUT2D eigenvalue weighted by Crippen LogP contribution is -2.14. The lowest BCUT2D eigenvalue weighted by atomic mass is 10.1. The van der Waals surface area contributed by atoms with Crippen molar-refractivity contribution in [1.29, 1.82) is 0 Å². The van der Waals surface area contributed by atoms with Gasteiger partial charge < -0.3 is 11.1 Å². The first-order valence-corrected chi connectivity index (χ1v) is 7.13. The first kappa shape index (κ1) is 12.3. The Morgan fingerprint density at radius 1 is 1.35 bits per heavy atom. The predicted octanol–water partition coefficient (Wildman–Crippen LogP) is 0.883. The monoisotopic (exact) mass is 252 g/mol. The average molecular weight is 252 g/mol. The van der Waals surface area contributed by atoms with Crippen molar-refractivity contribution in [3.63, 3.8) is 0 Å². The van der Waals surface area contributed by atoms with Crippen LogP contribution in [0.15, 0.2) is 28.5 Å². The number of nitrogens with two attached hydrogens (primary N) is 1. The van der Waals surface area contributed by atoms with Gasteiger partial charge >= 0.3 is 0 Å². The highest BCUT2D eigenvalue weighted by molar-refractivity contribution is 7.95. The zero-order valence-corrected chi connectivity index (χ0v) is 10.5. The van der Waals surface area contributed by atoms with E-state index in [1.807, 2.05) is 19.1 Å². The Morgan fingerprint density at radius 2 is 2.12 bits per heavy atom. The summed E-state index contributed by atoms with van der Waals surface area (Å²) in [5.74, 6) is 0. The van der Waals surface area contributed by atoms with Crippen molar-refractivity contribution >= 4 is 15.4 Å². The summed E-state index contributed by atoms with van der Waals surface area (Å²) < 4.78 is 23.9. The van der Waals surface area contributed by atoms with Gasteiger partial charge in [0.05, 0.1) is 4.90 Å². The zero-order chi connectivity index (χ0) is 12.5. The smallest absolute Gasteiger partial charge is 0.200 e. The van der Waals surface area contributed by atoms with Gasteiger partial charge in [0, 0.05) is 18.5 Å². The molecule has 0 spiro atoms. The molecule has 0 aliphatic carbocycles. The normalized spacial score (nSPS) is 16.7. The van der Waals surface area contributed by atoms with Gasteiger partial charge in [-0.3, -0.25) is 0 Å². The van der Waals surface area contributed by atoms with Crippen LogP contribution >= 0.6 is 0 Å². The van der Waals surface area contributed by atoms with E-state index in [1.54, 1.807) is 6.07 Å². The molecule has 2 rings (SSSR count). The Bertz CT molecular complexity index is 562. The van der Waals surface area contributed by atoms with Crippen LogP contribution in [-0.4, -0.2) is 21.5 Å². The summed E-state index contributed by atoms with van der Waals surface area (Å²) >= 11 is 0. The number of hydrogen-bond donors (Lipinski definition) is 2. The van der Waals surface area contributed by atoms with Crippen LogP contribution < -0.4 is 11.1 Å². The molecule has 1 heterocycles. The SMILES string of the molecule is CCNCC1=CS(=O)(=O)c2cc(CN)ccc21. The van der Waals surface area contributed by atoms with Crippen LogP contribution in [-0.2, 0) is 16.4 Å². The lowest BCUT2D eigenvalue weighted by Gasteiger charge is -2.06. The number of likely N-dealkylation sites (N-methyl/N-ethyl adjacent to an activating group) is 1. The van der Waals surface area contributed by atoms with E-state index in [0.717, 1.165) is 23.2 Å². The summed E-state index contributed by atoms with van der Waals surface area (Å²) in [6, 6.07) is 5.38. The Hall–Kier alpha value is -1.17. The van der Waals surface area contributed by atoms with Crippen LogP contribution in [0.1, 0.15) is 18.1 Å². The molecule has 1 aliphatic rings. The molecule has 0 atom stereocenters. The molecule has 17 heavy (non-hydrogen) atoms. The molecule has 0 aromatic heterocycles. The second-order valence-electron chi connectivity index (χ2n) is 4.00. The fourth-order valence-corrected chi connectivity index (χ4v) is 3.44. The van der Waals surface area contributed by atoms with Gasteiger partial charge in [-0.1, -0.05) is 19.1 Å². The van der Waals surface area contributed by atoms with E-state index in [4.69, 9.17) is 5.73 Å². The van der Waals surface area contributed by atoms with Crippen LogP contribution in [0, 0.1) is 0 Å². The van der Waals surface area contributed by atoms with E-state index in [2.05, 4.69) is 5.32 Å². The minimum atomic E-state index is -3.28. The maximum Gasteiger partial charge on any atom is 0.200 e. The highest BCUT2D eigenvalue weighted by Crippen LogP contribution is 2.33. The highest BCUT2D eigenvalue weighted by Gasteiger charge is 2.26. The third-order valence-electron chi connectivity index (χ3n) is 2.80. The van der Waals surface area contributed by atoms with Crippen LogP contribution in [0.25, 0.3) is 5.57 Å². The van der Waals surface area contributed by atoms with E-state index in [1.165, 1.54) is 5.41 Å². The summed E-state index contributed by atoms with van der Waals surface area (Å²) in [5, 5.41) is 4.49. The van der Waals surface area contributed by atoms with Crippen molar-refractivity contribution in [1.82, 2.24) is 5.32 Å². The van der Waals surface area contributed by atoms with Gasteiger partial charge in [-0.25, -0.2) is 8.42 Å². The maximum atomic E-state index is 11.9. The largest absolute Gasteiger partial charge is 0.326 e. The fourth-order valence-electron chi connectivity index (χ4n) is 1.91. The van der Waals surface area contributed by atoms with Crippen molar-refractivity contribution in [2.45, 2.75) is 18.4 Å². The summed E-state index contributed by atoms with van der Waals surface area (Å²) in [7, 11) is -3.28. The number of sulfone groups is 1. The van der Waals surface area contributed by atoms with Gasteiger partial charge in [-0.05, 0) is 29.3 Å². The van der Waals surface area contributed by atoms with Crippen molar-refractivity contribution in [3.05, 3.63) is 34.7 Å². The number of hydrogen-bond acceptors (Lipinski definition) is 4. The van der Waals surface area contributed by atoms with Gasteiger partial charge in [0.15, 0.2) is 0 Å². The number of benzene rings is 1. The summed E-state index contributed by atoms with van der Waals surface area (Å²) in [6.07, 6.45) is 0. The Kier molecular flexibility index (Phi) is 3.33. The molecule has 1 aromatic carbocycles.